The second kappa shape index (κ2) is 5.64. The fourth-order valence-electron chi connectivity index (χ4n) is 2.24. The van der Waals surface area contributed by atoms with Crippen molar-refractivity contribution in [3.63, 3.8) is 0 Å². The molecule has 0 radical (unpaired) electrons. The molecule has 1 aromatic rings. The number of carbonyl (C=O) groups excluding carboxylic acids is 1. The summed E-state index contributed by atoms with van der Waals surface area (Å²) in [7, 11) is 1.70. The van der Waals surface area contributed by atoms with Gasteiger partial charge >= 0.3 is 0 Å². The molecule has 1 aromatic carbocycles. The van der Waals surface area contributed by atoms with Crippen molar-refractivity contribution in [1.82, 2.24) is 5.32 Å². The van der Waals surface area contributed by atoms with Gasteiger partial charge in [-0.3, -0.25) is 4.79 Å². The minimum Gasteiger partial charge on any atom is -0.496 e. The number of benzene rings is 1. The van der Waals surface area contributed by atoms with Crippen LogP contribution in [0.3, 0.4) is 0 Å². The molecular weight excluding hydrogens is 238 g/mol. The topological polar surface area (TPSA) is 38.3 Å². The van der Waals surface area contributed by atoms with Crippen LogP contribution in [-0.2, 0) is 11.3 Å². The molecule has 19 heavy (non-hydrogen) atoms. The van der Waals surface area contributed by atoms with Gasteiger partial charge in [0.05, 0.1) is 7.11 Å². The van der Waals surface area contributed by atoms with Gasteiger partial charge in [-0.15, -0.1) is 0 Å². The van der Waals surface area contributed by atoms with Crippen LogP contribution in [-0.4, -0.2) is 13.0 Å². The molecule has 1 aliphatic carbocycles. The third-order valence-electron chi connectivity index (χ3n) is 3.71. The zero-order chi connectivity index (χ0) is 14.0. The molecule has 1 saturated carbocycles. The molecule has 0 aromatic heterocycles. The average molecular weight is 261 g/mol. The number of aryl methyl sites for hydroxylation is 1. The van der Waals surface area contributed by atoms with Crippen molar-refractivity contribution in [2.45, 2.75) is 46.1 Å². The number of rotatable bonds is 5. The maximum Gasteiger partial charge on any atom is 0.223 e. The summed E-state index contributed by atoms with van der Waals surface area (Å²) in [5.74, 6) is 1.81. The van der Waals surface area contributed by atoms with Crippen LogP contribution in [0.1, 0.15) is 49.3 Å². The number of amides is 1. The Morgan fingerprint density at radius 1 is 1.42 bits per heavy atom. The highest BCUT2D eigenvalue weighted by molar-refractivity contribution is 5.80. The molecule has 0 saturated heterocycles. The molecule has 2 rings (SSSR count). The number of ether oxygens (including phenoxy) is 1. The molecule has 3 heteroatoms. The zero-order valence-corrected chi connectivity index (χ0v) is 12.2. The smallest absolute Gasteiger partial charge is 0.223 e. The highest BCUT2D eigenvalue weighted by Crippen LogP contribution is 2.31. The van der Waals surface area contributed by atoms with E-state index in [0.29, 0.717) is 12.5 Å². The van der Waals surface area contributed by atoms with E-state index >= 15 is 0 Å². The third-order valence-corrected chi connectivity index (χ3v) is 3.71. The largest absolute Gasteiger partial charge is 0.496 e. The minimum absolute atomic E-state index is 0.196. The summed E-state index contributed by atoms with van der Waals surface area (Å²) < 4.78 is 5.43. The SMILES string of the molecule is COc1cc(C)c(CNC(=O)C2CC2)cc1C(C)C. The fourth-order valence-corrected chi connectivity index (χ4v) is 2.24. The van der Waals surface area contributed by atoms with Crippen LogP contribution in [0.5, 0.6) is 5.75 Å². The maximum atomic E-state index is 11.7. The van der Waals surface area contributed by atoms with Crippen molar-refractivity contribution in [2.24, 2.45) is 5.92 Å². The number of carbonyl (C=O) groups is 1. The van der Waals surface area contributed by atoms with Crippen molar-refractivity contribution in [2.75, 3.05) is 7.11 Å². The Labute approximate surface area is 115 Å². The summed E-state index contributed by atoms with van der Waals surface area (Å²) in [5.41, 5.74) is 3.54. The Morgan fingerprint density at radius 3 is 2.63 bits per heavy atom. The summed E-state index contributed by atoms with van der Waals surface area (Å²) in [6, 6.07) is 4.22. The van der Waals surface area contributed by atoms with Crippen LogP contribution < -0.4 is 10.1 Å². The van der Waals surface area contributed by atoms with Crippen LogP contribution in [0.2, 0.25) is 0 Å². The molecule has 0 bridgehead atoms. The number of hydrogen-bond acceptors (Lipinski definition) is 2. The fraction of sp³-hybridized carbons (Fsp3) is 0.562. The van der Waals surface area contributed by atoms with E-state index in [4.69, 9.17) is 4.74 Å². The first-order valence-electron chi connectivity index (χ1n) is 6.98. The number of hydrogen-bond donors (Lipinski definition) is 1. The molecule has 0 aliphatic heterocycles. The first-order chi connectivity index (χ1) is 9.02. The van der Waals surface area contributed by atoms with Crippen molar-refractivity contribution in [3.05, 3.63) is 28.8 Å². The molecule has 1 N–H and O–H groups in total. The van der Waals surface area contributed by atoms with E-state index in [1.165, 1.54) is 11.1 Å². The molecular formula is C16H23NO2. The van der Waals surface area contributed by atoms with Gasteiger partial charge < -0.3 is 10.1 Å². The lowest BCUT2D eigenvalue weighted by Crippen LogP contribution is -2.24. The lowest BCUT2D eigenvalue weighted by Gasteiger charge is -2.16. The first-order valence-corrected chi connectivity index (χ1v) is 6.98. The summed E-state index contributed by atoms with van der Waals surface area (Å²) >= 11 is 0. The lowest BCUT2D eigenvalue weighted by molar-refractivity contribution is -0.122. The quantitative estimate of drug-likeness (QED) is 0.884. The minimum atomic E-state index is 0.196. The van der Waals surface area contributed by atoms with E-state index in [0.717, 1.165) is 24.2 Å². The second-order valence-electron chi connectivity index (χ2n) is 5.67. The average Bonchev–Trinajstić information content (AvgIpc) is 3.20. The molecule has 1 fully saturated rings. The lowest BCUT2D eigenvalue weighted by atomic mass is 9.96. The zero-order valence-electron chi connectivity index (χ0n) is 12.2. The van der Waals surface area contributed by atoms with Gasteiger partial charge in [-0.2, -0.15) is 0 Å². The Kier molecular flexibility index (Phi) is 4.13. The predicted octanol–water partition coefficient (Wildman–Crippen LogP) is 3.15. The molecule has 0 spiro atoms. The maximum absolute atomic E-state index is 11.7. The van der Waals surface area contributed by atoms with Crippen LogP contribution in [0, 0.1) is 12.8 Å². The Morgan fingerprint density at radius 2 is 2.11 bits per heavy atom. The van der Waals surface area contributed by atoms with Crippen molar-refractivity contribution >= 4 is 5.91 Å². The van der Waals surface area contributed by atoms with Gasteiger partial charge in [0, 0.05) is 12.5 Å². The highest BCUT2D eigenvalue weighted by atomic mass is 16.5. The summed E-state index contributed by atoms with van der Waals surface area (Å²) in [6.07, 6.45) is 2.09. The van der Waals surface area contributed by atoms with Crippen LogP contribution >= 0.6 is 0 Å². The molecule has 104 valence electrons. The van der Waals surface area contributed by atoms with E-state index in [1.807, 2.05) is 0 Å². The summed E-state index contributed by atoms with van der Waals surface area (Å²) in [6.45, 7) is 6.98. The molecule has 3 nitrogen and oxygen atoms in total. The van der Waals surface area contributed by atoms with Crippen LogP contribution in [0.15, 0.2) is 12.1 Å². The third kappa shape index (κ3) is 3.28. The van der Waals surface area contributed by atoms with E-state index in [1.54, 1.807) is 7.11 Å². The predicted molar refractivity (Wildman–Crippen MR) is 76.4 cm³/mol. The molecule has 1 aliphatic rings. The van der Waals surface area contributed by atoms with E-state index in [9.17, 15) is 4.79 Å². The summed E-state index contributed by atoms with van der Waals surface area (Å²) in [4.78, 5) is 11.7. The standard InChI is InChI=1S/C16H23NO2/c1-10(2)14-8-13(11(3)7-15(14)19-4)9-17-16(18)12-5-6-12/h7-8,10,12H,5-6,9H2,1-4H3,(H,17,18). The van der Waals surface area contributed by atoms with Gasteiger partial charge in [-0.05, 0) is 54.5 Å². The normalized spacial score (nSPS) is 14.6. The van der Waals surface area contributed by atoms with Gasteiger partial charge in [0.2, 0.25) is 5.91 Å². The van der Waals surface area contributed by atoms with Gasteiger partial charge in [0.25, 0.3) is 0 Å². The van der Waals surface area contributed by atoms with Gasteiger partial charge in [-0.1, -0.05) is 13.8 Å². The highest BCUT2D eigenvalue weighted by Gasteiger charge is 2.29. The second-order valence-corrected chi connectivity index (χ2v) is 5.67. The number of nitrogens with one attached hydrogen (secondary N) is 1. The van der Waals surface area contributed by atoms with Crippen molar-refractivity contribution in [1.29, 1.82) is 0 Å². The van der Waals surface area contributed by atoms with Gasteiger partial charge in [0.1, 0.15) is 5.75 Å². The molecule has 0 unspecified atom stereocenters. The van der Waals surface area contributed by atoms with E-state index in [2.05, 4.69) is 38.2 Å². The number of methoxy groups -OCH3 is 1. The van der Waals surface area contributed by atoms with Crippen molar-refractivity contribution in [3.8, 4) is 5.75 Å². The van der Waals surface area contributed by atoms with E-state index < -0.39 is 0 Å². The van der Waals surface area contributed by atoms with Crippen molar-refractivity contribution < 1.29 is 9.53 Å². The molecule has 0 atom stereocenters. The summed E-state index contributed by atoms with van der Waals surface area (Å²) in [5, 5.41) is 3.03. The van der Waals surface area contributed by atoms with Crippen LogP contribution in [0.4, 0.5) is 0 Å². The van der Waals surface area contributed by atoms with Crippen LogP contribution in [0.25, 0.3) is 0 Å². The Bertz CT molecular complexity index is 476. The molecule has 0 heterocycles. The Hall–Kier alpha value is -1.51. The molecule has 1 amide bonds. The van der Waals surface area contributed by atoms with Gasteiger partial charge in [0.15, 0.2) is 0 Å². The van der Waals surface area contributed by atoms with E-state index in [-0.39, 0.29) is 11.8 Å². The monoisotopic (exact) mass is 261 g/mol. The Balaban J connectivity index is 2.14. The van der Waals surface area contributed by atoms with Gasteiger partial charge in [-0.25, -0.2) is 0 Å². The first kappa shape index (κ1) is 13.9.